The van der Waals surface area contributed by atoms with Crippen LogP contribution in [0.4, 0.5) is 4.79 Å². The molecule has 0 aromatic carbocycles. The number of fused-ring (bicyclic) bond motifs is 5. The summed E-state index contributed by atoms with van der Waals surface area (Å²) in [6.45, 7) is 7.18. The van der Waals surface area contributed by atoms with E-state index in [-0.39, 0.29) is 29.3 Å². The van der Waals surface area contributed by atoms with Crippen molar-refractivity contribution in [2.45, 2.75) is 71.8 Å². The van der Waals surface area contributed by atoms with Gasteiger partial charge < -0.3 is 21.9 Å². The summed E-state index contributed by atoms with van der Waals surface area (Å²) < 4.78 is 10.6. The SMILES string of the molecule is CCOC(=O)OC1CC[C@@]2(C)C(=CCC3C2CC[C@]2(C)C(c4cccnc4)=CCC32)C1.[Cl-]. The Labute approximate surface area is 198 Å². The molecule has 4 nitrogen and oxygen atoms in total. The molecule has 0 bridgehead atoms. The Morgan fingerprint density at radius 3 is 2.69 bits per heavy atom. The second kappa shape index (κ2) is 8.85. The molecule has 1 heterocycles. The molecule has 0 saturated heterocycles. The van der Waals surface area contributed by atoms with Crippen LogP contribution in [0.15, 0.2) is 42.3 Å². The molecular weight excluding hydrogens is 422 g/mol. The van der Waals surface area contributed by atoms with Crippen molar-refractivity contribution in [1.82, 2.24) is 4.98 Å². The van der Waals surface area contributed by atoms with Crippen molar-refractivity contribution in [3.63, 3.8) is 0 Å². The monoisotopic (exact) mass is 456 g/mol. The molecule has 1 aromatic heterocycles. The van der Waals surface area contributed by atoms with Crippen molar-refractivity contribution < 1.29 is 26.7 Å². The van der Waals surface area contributed by atoms with Gasteiger partial charge in [0, 0.05) is 18.8 Å². The normalized spacial score (nSPS) is 37.6. The van der Waals surface area contributed by atoms with Crippen molar-refractivity contribution in [3.8, 4) is 0 Å². The number of allylic oxidation sites excluding steroid dienone is 3. The molecule has 2 saturated carbocycles. The lowest BCUT2D eigenvalue weighted by molar-refractivity contribution is -0.0354. The van der Waals surface area contributed by atoms with Crippen LogP contribution in [0.1, 0.15) is 71.3 Å². The number of carbonyl (C=O) groups excluding carboxylic acids is 1. The highest BCUT2D eigenvalue weighted by molar-refractivity contribution is 5.72. The largest absolute Gasteiger partial charge is 1.00 e. The molecular formula is C27H35ClNO3-. The Balaban J connectivity index is 0.00000245. The molecule has 4 aliphatic carbocycles. The second-order valence-electron chi connectivity index (χ2n) is 10.5. The molecule has 0 amide bonds. The third-order valence-corrected chi connectivity index (χ3v) is 9.14. The van der Waals surface area contributed by atoms with Crippen molar-refractivity contribution in [3.05, 3.63) is 47.8 Å². The number of ether oxygens (including phenoxy) is 2. The summed E-state index contributed by atoms with van der Waals surface area (Å²) in [5.41, 5.74) is 4.86. The number of pyridine rings is 1. The Hall–Kier alpha value is -1.81. The Bertz CT molecular complexity index is 913. The molecule has 0 aliphatic heterocycles. The number of hydrogen-bond donors (Lipinski definition) is 0. The van der Waals surface area contributed by atoms with Crippen LogP contribution in [0, 0.1) is 28.6 Å². The molecule has 174 valence electrons. The van der Waals surface area contributed by atoms with Crippen molar-refractivity contribution in [1.29, 1.82) is 0 Å². The van der Waals surface area contributed by atoms with E-state index < -0.39 is 6.16 Å². The standard InChI is InChI=1S/C27H35NO3.ClH/c1-4-30-25(29)31-20-11-13-26(2)19(16-20)7-8-21-23-10-9-22(18-6-5-15-28-17-18)27(23,3)14-12-24(21)26;/h5-7,9,15,17,20-21,23-24H,4,8,10-14,16H2,1-3H3;1H/p-1/t20?,21?,23?,24?,26-,27+;/m0./s1. The molecule has 5 heteroatoms. The zero-order valence-electron chi connectivity index (χ0n) is 19.5. The van der Waals surface area contributed by atoms with Crippen molar-refractivity contribution in [2.24, 2.45) is 28.6 Å². The van der Waals surface area contributed by atoms with E-state index in [1.165, 1.54) is 36.0 Å². The molecule has 1 aromatic rings. The molecule has 2 fully saturated rings. The molecule has 0 radical (unpaired) electrons. The number of aromatic nitrogens is 1. The van der Waals surface area contributed by atoms with Crippen LogP contribution in [0.25, 0.3) is 5.57 Å². The van der Waals surface area contributed by atoms with E-state index in [9.17, 15) is 4.79 Å². The summed E-state index contributed by atoms with van der Waals surface area (Å²) in [5, 5.41) is 0. The van der Waals surface area contributed by atoms with Gasteiger partial charge in [0.2, 0.25) is 0 Å². The molecule has 6 atom stereocenters. The fourth-order valence-corrected chi connectivity index (χ4v) is 7.55. The first-order valence-corrected chi connectivity index (χ1v) is 12.1. The molecule has 0 N–H and O–H groups in total. The number of halogens is 1. The fraction of sp³-hybridized carbons (Fsp3) is 0.630. The van der Waals surface area contributed by atoms with Crippen LogP contribution in [-0.4, -0.2) is 23.9 Å². The molecule has 4 unspecified atom stereocenters. The first kappa shape index (κ1) is 23.4. The summed E-state index contributed by atoms with van der Waals surface area (Å²) in [7, 11) is 0. The zero-order chi connectivity index (χ0) is 21.6. The van der Waals surface area contributed by atoms with E-state index in [4.69, 9.17) is 9.47 Å². The van der Waals surface area contributed by atoms with Crippen molar-refractivity contribution >= 4 is 11.7 Å². The highest BCUT2D eigenvalue weighted by atomic mass is 35.5. The molecule has 32 heavy (non-hydrogen) atoms. The van der Waals surface area contributed by atoms with Crippen LogP contribution in [0.3, 0.4) is 0 Å². The van der Waals surface area contributed by atoms with Gasteiger partial charge in [-0.3, -0.25) is 4.98 Å². The van der Waals surface area contributed by atoms with Gasteiger partial charge in [0.05, 0.1) is 6.61 Å². The van der Waals surface area contributed by atoms with Gasteiger partial charge in [-0.15, -0.1) is 0 Å². The third kappa shape index (κ3) is 3.69. The van der Waals surface area contributed by atoms with Crippen LogP contribution in [-0.2, 0) is 9.47 Å². The minimum atomic E-state index is -0.515. The van der Waals surface area contributed by atoms with E-state index in [1.54, 1.807) is 0 Å². The fourth-order valence-electron chi connectivity index (χ4n) is 7.55. The van der Waals surface area contributed by atoms with Gasteiger partial charge in [-0.2, -0.15) is 0 Å². The van der Waals surface area contributed by atoms with E-state index in [2.05, 4.69) is 43.1 Å². The van der Waals surface area contributed by atoms with Gasteiger partial charge in [-0.1, -0.05) is 37.6 Å². The predicted molar refractivity (Wildman–Crippen MR) is 121 cm³/mol. The average Bonchev–Trinajstić information content (AvgIpc) is 3.12. The van der Waals surface area contributed by atoms with Crippen LogP contribution < -0.4 is 12.4 Å². The quantitative estimate of drug-likeness (QED) is 0.515. The lowest BCUT2D eigenvalue weighted by Crippen LogP contribution is -3.00. The van der Waals surface area contributed by atoms with Gasteiger partial charge in [-0.25, -0.2) is 4.79 Å². The third-order valence-electron chi connectivity index (χ3n) is 9.14. The predicted octanol–water partition coefficient (Wildman–Crippen LogP) is 3.58. The van der Waals surface area contributed by atoms with E-state index >= 15 is 0 Å². The topological polar surface area (TPSA) is 48.4 Å². The minimum absolute atomic E-state index is 0. The smallest absolute Gasteiger partial charge is 0.508 e. The highest BCUT2D eigenvalue weighted by Crippen LogP contribution is 2.66. The summed E-state index contributed by atoms with van der Waals surface area (Å²) >= 11 is 0. The first-order chi connectivity index (χ1) is 15.0. The second-order valence-corrected chi connectivity index (χ2v) is 10.5. The Kier molecular flexibility index (Phi) is 6.46. The Morgan fingerprint density at radius 1 is 1.12 bits per heavy atom. The van der Waals surface area contributed by atoms with E-state index in [0.717, 1.165) is 37.5 Å². The summed E-state index contributed by atoms with van der Waals surface area (Å²) in [6, 6.07) is 4.29. The summed E-state index contributed by atoms with van der Waals surface area (Å²) in [6.07, 6.45) is 16.2. The summed E-state index contributed by atoms with van der Waals surface area (Å²) in [4.78, 5) is 16.2. The number of carbonyl (C=O) groups is 1. The van der Waals surface area contributed by atoms with Gasteiger partial charge in [-0.05, 0) is 91.2 Å². The van der Waals surface area contributed by atoms with Gasteiger partial charge >= 0.3 is 6.16 Å². The zero-order valence-corrected chi connectivity index (χ0v) is 20.2. The number of nitrogens with zero attached hydrogens (tertiary/aromatic N) is 1. The van der Waals surface area contributed by atoms with Crippen molar-refractivity contribution in [2.75, 3.05) is 6.61 Å². The first-order valence-electron chi connectivity index (χ1n) is 12.1. The van der Waals surface area contributed by atoms with Crippen LogP contribution in [0.2, 0.25) is 0 Å². The highest BCUT2D eigenvalue weighted by Gasteiger charge is 2.57. The van der Waals surface area contributed by atoms with Crippen LogP contribution in [0.5, 0.6) is 0 Å². The molecule has 5 rings (SSSR count). The van der Waals surface area contributed by atoms with Gasteiger partial charge in [0.1, 0.15) is 6.10 Å². The van der Waals surface area contributed by atoms with Crippen LogP contribution >= 0.6 is 0 Å². The maximum atomic E-state index is 11.8. The van der Waals surface area contributed by atoms with Gasteiger partial charge in [0.15, 0.2) is 0 Å². The minimum Gasteiger partial charge on any atom is -1.00 e. The number of rotatable bonds is 3. The van der Waals surface area contributed by atoms with Gasteiger partial charge in [0.25, 0.3) is 0 Å². The van der Waals surface area contributed by atoms with E-state index in [1.807, 2.05) is 19.3 Å². The summed E-state index contributed by atoms with van der Waals surface area (Å²) in [5.74, 6) is 2.18. The lowest BCUT2D eigenvalue weighted by atomic mass is 9.47. The van der Waals surface area contributed by atoms with E-state index in [0.29, 0.717) is 12.5 Å². The average molecular weight is 457 g/mol. The Morgan fingerprint density at radius 2 is 1.94 bits per heavy atom. The molecule has 0 spiro atoms. The maximum absolute atomic E-state index is 11.8. The molecule has 4 aliphatic rings. The number of hydrogen-bond acceptors (Lipinski definition) is 4. The lowest BCUT2D eigenvalue weighted by Gasteiger charge is -2.57. The maximum Gasteiger partial charge on any atom is 0.508 e.